The standard InChI is InChI=1S/C16H16ClFN2O2/c1-2-22-13-6-4-12(5-7-13)19-10-16(21)20-15-8-3-11(18)9-14(15)17/h3-9,19H,2,10H2,1H3,(H,20,21). The zero-order valence-corrected chi connectivity index (χ0v) is 12.8. The maximum Gasteiger partial charge on any atom is 0.243 e. The van der Waals surface area contributed by atoms with Crippen LogP contribution in [0, 0.1) is 5.82 Å². The third-order valence-corrected chi connectivity index (χ3v) is 3.14. The van der Waals surface area contributed by atoms with Crippen LogP contribution in [0.2, 0.25) is 5.02 Å². The molecule has 0 aliphatic carbocycles. The third-order valence-electron chi connectivity index (χ3n) is 2.82. The SMILES string of the molecule is CCOc1ccc(NCC(=O)Nc2ccc(F)cc2Cl)cc1. The second kappa shape index (κ2) is 7.66. The molecule has 2 aromatic carbocycles. The van der Waals surface area contributed by atoms with Crippen LogP contribution in [-0.2, 0) is 4.79 Å². The monoisotopic (exact) mass is 322 g/mol. The highest BCUT2D eigenvalue weighted by atomic mass is 35.5. The van der Waals surface area contributed by atoms with Crippen LogP contribution in [0.5, 0.6) is 5.75 Å². The van der Waals surface area contributed by atoms with Crippen molar-refractivity contribution in [2.45, 2.75) is 6.92 Å². The van der Waals surface area contributed by atoms with Gasteiger partial charge in [0, 0.05) is 5.69 Å². The Morgan fingerprint density at radius 2 is 1.95 bits per heavy atom. The van der Waals surface area contributed by atoms with E-state index in [1.165, 1.54) is 12.1 Å². The van der Waals surface area contributed by atoms with Gasteiger partial charge in [0.15, 0.2) is 0 Å². The number of rotatable bonds is 6. The molecular formula is C16H16ClFN2O2. The van der Waals surface area contributed by atoms with E-state index in [0.717, 1.165) is 17.5 Å². The van der Waals surface area contributed by atoms with Crippen LogP contribution < -0.4 is 15.4 Å². The molecule has 0 spiro atoms. The molecule has 0 unspecified atom stereocenters. The Hall–Kier alpha value is -2.27. The van der Waals surface area contributed by atoms with E-state index in [0.29, 0.717) is 12.3 Å². The Labute approximate surface area is 133 Å². The van der Waals surface area contributed by atoms with Crippen molar-refractivity contribution >= 4 is 28.9 Å². The number of amides is 1. The number of carbonyl (C=O) groups excluding carboxylic acids is 1. The van der Waals surface area contributed by atoms with Crippen LogP contribution in [0.25, 0.3) is 0 Å². The number of halogens is 2. The number of anilines is 2. The van der Waals surface area contributed by atoms with Crippen LogP contribution in [0.4, 0.5) is 15.8 Å². The lowest BCUT2D eigenvalue weighted by molar-refractivity contribution is -0.114. The van der Waals surface area contributed by atoms with Crippen molar-refractivity contribution in [3.63, 3.8) is 0 Å². The first-order chi connectivity index (χ1) is 10.6. The zero-order valence-electron chi connectivity index (χ0n) is 12.0. The van der Waals surface area contributed by atoms with E-state index in [-0.39, 0.29) is 17.5 Å². The largest absolute Gasteiger partial charge is 0.494 e. The Kier molecular flexibility index (Phi) is 5.61. The van der Waals surface area contributed by atoms with Gasteiger partial charge in [-0.05, 0) is 49.4 Å². The quantitative estimate of drug-likeness (QED) is 0.847. The maximum absolute atomic E-state index is 12.9. The predicted octanol–water partition coefficient (Wildman–Crippen LogP) is 3.93. The molecule has 0 saturated heterocycles. The van der Waals surface area contributed by atoms with Gasteiger partial charge in [0.25, 0.3) is 0 Å². The Morgan fingerprint density at radius 3 is 2.59 bits per heavy atom. The highest BCUT2D eigenvalue weighted by Gasteiger charge is 2.06. The molecule has 0 atom stereocenters. The number of hydrogen-bond acceptors (Lipinski definition) is 3. The summed E-state index contributed by atoms with van der Waals surface area (Å²) in [5.74, 6) is 0.0495. The fraction of sp³-hybridized carbons (Fsp3) is 0.188. The van der Waals surface area contributed by atoms with Gasteiger partial charge in [-0.25, -0.2) is 4.39 Å². The van der Waals surface area contributed by atoms with E-state index >= 15 is 0 Å². The van der Waals surface area contributed by atoms with Gasteiger partial charge < -0.3 is 15.4 Å². The molecule has 0 heterocycles. The van der Waals surface area contributed by atoms with Crippen molar-refractivity contribution in [3.8, 4) is 5.75 Å². The second-order valence-corrected chi connectivity index (χ2v) is 4.89. The Morgan fingerprint density at radius 1 is 1.23 bits per heavy atom. The van der Waals surface area contributed by atoms with Gasteiger partial charge in [0.2, 0.25) is 5.91 Å². The summed E-state index contributed by atoms with van der Waals surface area (Å²) in [6, 6.07) is 11.1. The van der Waals surface area contributed by atoms with Crippen LogP contribution in [0.3, 0.4) is 0 Å². The molecule has 2 rings (SSSR count). The first-order valence-electron chi connectivity index (χ1n) is 6.80. The summed E-state index contributed by atoms with van der Waals surface area (Å²) in [5, 5.41) is 5.76. The lowest BCUT2D eigenvalue weighted by Gasteiger charge is -2.10. The fourth-order valence-electron chi connectivity index (χ4n) is 1.80. The summed E-state index contributed by atoms with van der Waals surface area (Å²) in [6.07, 6.45) is 0. The number of nitrogens with one attached hydrogen (secondary N) is 2. The average Bonchev–Trinajstić information content (AvgIpc) is 2.50. The molecule has 0 aliphatic rings. The van der Waals surface area contributed by atoms with Crippen molar-refractivity contribution < 1.29 is 13.9 Å². The van der Waals surface area contributed by atoms with Gasteiger partial charge in [-0.2, -0.15) is 0 Å². The Bertz CT molecular complexity index is 647. The smallest absolute Gasteiger partial charge is 0.243 e. The molecule has 0 radical (unpaired) electrons. The molecule has 116 valence electrons. The summed E-state index contributed by atoms with van der Waals surface area (Å²) in [4.78, 5) is 11.8. The van der Waals surface area contributed by atoms with Crippen LogP contribution in [0.15, 0.2) is 42.5 Å². The van der Waals surface area contributed by atoms with Crippen LogP contribution in [0.1, 0.15) is 6.92 Å². The summed E-state index contributed by atoms with van der Waals surface area (Å²) in [5.41, 5.74) is 1.17. The van der Waals surface area contributed by atoms with Gasteiger partial charge in [-0.15, -0.1) is 0 Å². The van der Waals surface area contributed by atoms with Gasteiger partial charge in [-0.1, -0.05) is 11.6 Å². The first-order valence-corrected chi connectivity index (χ1v) is 7.18. The van der Waals surface area contributed by atoms with Gasteiger partial charge in [0.1, 0.15) is 11.6 Å². The number of hydrogen-bond donors (Lipinski definition) is 2. The second-order valence-electron chi connectivity index (χ2n) is 4.48. The van der Waals surface area contributed by atoms with Crippen molar-refractivity contribution in [2.75, 3.05) is 23.8 Å². The number of benzene rings is 2. The maximum atomic E-state index is 12.9. The van der Waals surface area contributed by atoms with E-state index in [1.807, 2.05) is 31.2 Å². The average molecular weight is 323 g/mol. The minimum absolute atomic E-state index is 0.0711. The molecule has 2 aromatic rings. The van der Waals surface area contributed by atoms with Gasteiger partial charge >= 0.3 is 0 Å². The molecule has 1 amide bonds. The van der Waals surface area contributed by atoms with E-state index in [1.54, 1.807) is 0 Å². The molecule has 0 bridgehead atoms. The molecule has 0 fully saturated rings. The van der Waals surface area contributed by atoms with E-state index in [9.17, 15) is 9.18 Å². The van der Waals surface area contributed by atoms with Crippen molar-refractivity contribution in [1.82, 2.24) is 0 Å². The summed E-state index contributed by atoms with van der Waals surface area (Å²) in [6.45, 7) is 2.59. The van der Waals surface area contributed by atoms with Crippen molar-refractivity contribution in [1.29, 1.82) is 0 Å². The zero-order chi connectivity index (χ0) is 15.9. The molecule has 4 nitrogen and oxygen atoms in total. The van der Waals surface area contributed by atoms with E-state index in [4.69, 9.17) is 16.3 Å². The lowest BCUT2D eigenvalue weighted by Crippen LogP contribution is -2.21. The van der Waals surface area contributed by atoms with E-state index in [2.05, 4.69) is 10.6 Å². The summed E-state index contributed by atoms with van der Waals surface area (Å²) >= 11 is 5.85. The minimum atomic E-state index is -0.449. The third kappa shape index (κ3) is 4.63. The fourth-order valence-corrected chi connectivity index (χ4v) is 2.02. The molecule has 6 heteroatoms. The molecule has 0 aromatic heterocycles. The van der Waals surface area contributed by atoms with Crippen LogP contribution >= 0.6 is 11.6 Å². The molecule has 22 heavy (non-hydrogen) atoms. The highest BCUT2D eigenvalue weighted by molar-refractivity contribution is 6.33. The Balaban J connectivity index is 1.87. The highest BCUT2D eigenvalue weighted by Crippen LogP contribution is 2.22. The normalized spacial score (nSPS) is 10.1. The lowest BCUT2D eigenvalue weighted by atomic mass is 10.3. The van der Waals surface area contributed by atoms with Gasteiger partial charge in [-0.3, -0.25) is 4.79 Å². The van der Waals surface area contributed by atoms with Gasteiger partial charge in [0.05, 0.1) is 23.9 Å². The first kappa shape index (κ1) is 16.1. The van der Waals surface area contributed by atoms with E-state index < -0.39 is 5.82 Å². The minimum Gasteiger partial charge on any atom is -0.494 e. The predicted molar refractivity (Wildman–Crippen MR) is 86.1 cm³/mol. The van der Waals surface area contributed by atoms with Crippen molar-refractivity contribution in [3.05, 3.63) is 53.3 Å². The van der Waals surface area contributed by atoms with Crippen LogP contribution in [-0.4, -0.2) is 19.1 Å². The molecular weight excluding hydrogens is 307 g/mol. The summed E-state index contributed by atoms with van der Waals surface area (Å²) in [7, 11) is 0. The number of carbonyl (C=O) groups is 1. The molecule has 2 N–H and O–H groups in total. The topological polar surface area (TPSA) is 50.4 Å². The van der Waals surface area contributed by atoms with Crippen molar-refractivity contribution in [2.24, 2.45) is 0 Å². The number of ether oxygens (including phenoxy) is 1. The summed E-state index contributed by atoms with van der Waals surface area (Å²) < 4.78 is 18.3. The molecule has 0 saturated carbocycles. The molecule has 0 aliphatic heterocycles.